The number of hydrogen-bond acceptors (Lipinski definition) is 8. The zero-order valence-electron chi connectivity index (χ0n) is 24.8. The van der Waals surface area contributed by atoms with E-state index in [4.69, 9.17) is 21.4 Å². The lowest BCUT2D eigenvalue weighted by molar-refractivity contribution is 0.0966. The molecule has 2 amide bonds. The second kappa shape index (κ2) is 16.0. The highest BCUT2D eigenvalue weighted by atomic mass is 35.5. The van der Waals surface area contributed by atoms with Crippen LogP contribution in [0.25, 0.3) is 11.1 Å². The number of ether oxygens (including phenoxy) is 1. The fourth-order valence-electron chi connectivity index (χ4n) is 5.14. The molecule has 13 heteroatoms. The summed E-state index contributed by atoms with van der Waals surface area (Å²) in [6, 6.07) is 15.7. The molecule has 0 radical (unpaired) electrons. The van der Waals surface area contributed by atoms with Gasteiger partial charge in [-0.15, -0.1) is 0 Å². The topological polar surface area (TPSA) is 166 Å². The normalized spacial score (nSPS) is 14.5. The van der Waals surface area contributed by atoms with E-state index in [9.17, 15) is 28.2 Å². The van der Waals surface area contributed by atoms with Gasteiger partial charge in [0.25, 0.3) is 5.91 Å². The van der Waals surface area contributed by atoms with Crippen molar-refractivity contribution in [3.05, 3.63) is 82.6 Å². The van der Waals surface area contributed by atoms with Gasteiger partial charge in [-0.2, -0.15) is 0 Å². The highest BCUT2D eigenvalue weighted by molar-refractivity contribution is 7.90. The molecule has 11 nitrogen and oxygen atoms in total. The van der Waals surface area contributed by atoms with Crippen molar-refractivity contribution in [3.63, 3.8) is 0 Å². The number of aliphatic hydroxyl groups is 2. The molecule has 1 aliphatic rings. The third kappa shape index (κ3) is 10.1. The summed E-state index contributed by atoms with van der Waals surface area (Å²) in [6.45, 7) is -0.262. The van der Waals surface area contributed by atoms with Crippen molar-refractivity contribution in [2.75, 3.05) is 25.4 Å². The maximum atomic E-state index is 13.0. The number of pyridine rings is 1. The van der Waals surface area contributed by atoms with Crippen molar-refractivity contribution in [1.82, 2.24) is 14.6 Å². The van der Waals surface area contributed by atoms with Crippen molar-refractivity contribution >= 4 is 33.6 Å². The maximum absolute atomic E-state index is 13.0. The van der Waals surface area contributed by atoms with Crippen molar-refractivity contribution < 1.29 is 38.1 Å². The predicted octanol–water partition coefficient (Wildman–Crippen LogP) is 4.81. The molecule has 0 aliphatic heterocycles. The fraction of sp³-hybridized carbons (Fsp3) is 0.406. The van der Waals surface area contributed by atoms with Crippen LogP contribution < -0.4 is 9.46 Å². The van der Waals surface area contributed by atoms with Gasteiger partial charge in [0.05, 0.1) is 30.1 Å². The summed E-state index contributed by atoms with van der Waals surface area (Å²) in [5, 5.41) is 29.4. The number of benzene rings is 2. The number of carboxylic acid groups (broad SMARTS) is 1. The Bertz CT molecular complexity index is 1550. The van der Waals surface area contributed by atoms with Crippen LogP contribution >= 0.6 is 11.6 Å². The Balaban J connectivity index is 1.47. The number of hydrogen-bond donors (Lipinski definition) is 4. The molecule has 1 atom stereocenters. The quantitative estimate of drug-likeness (QED) is 0.178. The summed E-state index contributed by atoms with van der Waals surface area (Å²) in [7, 11) is -3.92. The Kier molecular flexibility index (Phi) is 12.2. The summed E-state index contributed by atoms with van der Waals surface area (Å²) in [5.41, 5.74) is 3.05. The Morgan fingerprint density at radius 3 is 2.40 bits per heavy atom. The molecule has 3 aromatic rings. The van der Waals surface area contributed by atoms with Crippen LogP contribution in [-0.2, 0) is 16.4 Å². The van der Waals surface area contributed by atoms with Crippen molar-refractivity contribution in [3.8, 4) is 16.9 Å². The molecule has 1 fully saturated rings. The van der Waals surface area contributed by atoms with Crippen molar-refractivity contribution in [2.45, 2.75) is 57.2 Å². The van der Waals surface area contributed by atoms with E-state index in [1.54, 1.807) is 24.3 Å². The molecular weight excluding hydrogens is 622 g/mol. The zero-order chi connectivity index (χ0) is 32.4. The molecule has 242 valence electrons. The molecule has 4 rings (SSSR count). The van der Waals surface area contributed by atoms with Gasteiger partial charge < -0.3 is 25.0 Å². The van der Waals surface area contributed by atoms with Crippen LogP contribution in [0.15, 0.2) is 60.8 Å². The maximum Gasteiger partial charge on any atom is 0.407 e. The smallest absolute Gasteiger partial charge is 0.407 e. The molecule has 1 aliphatic carbocycles. The minimum absolute atomic E-state index is 0.0143. The average molecular weight is 660 g/mol. The minimum Gasteiger partial charge on any atom is -0.490 e. The van der Waals surface area contributed by atoms with Crippen LogP contribution in [0.1, 0.15) is 66.1 Å². The van der Waals surface area contributed by atoms with Gasteiger partial charge in [0.15, 0.2) is 0 Å². The van der Waals surface area contributed by atoms with Gasteiger partial charge in [0.2, 0.25) is 10.0 Å². The highest BCUT2D eigenvalue weighted by Crippen LogP contribution is 2.31. The first-order valence-electron chi connectivity index (χ1n) is 14.9. The van der Waals surface area contributed by atoms with E-state index in [2.05, 4.69) is 9.71 Å². The number of halogens is 1. The number of aliphatic hydroxyl groups excluding tert-OH is 2. The van der Waals surface area contributed by atoms with Gasteiger partial charge in [-0.25, -0.2) is 22.9 Å². The lowest BCUT2D eigenvalue weighted by Gasteiger charge is -2.24. The monoisotopic (exact) mass is 659 g/mol. The van der Waals surface area contributed by atoms with E-state index < -0.39 is 28.1 Å². The molecule has 1 saturated carbocycles. The molecule has 4 N–H and O–H groups in total. The largest absolute Gasteiger partial charge is 0.490 e. The van der Waals surface area contributed by atoms with E-state index in [1.165, 1.54) is 12.3 Å². The van der Waals surface area contributed by atoms with Crippen LogP contribution in [0.5, 0.6) is 5.75 Å². The number of rotatable bonds is 14. The predicted molar refractivity (Wildman–Crippen MR) is 170 cm³/mol. The summed E-state index contributed by atoms with van der Waals surface area (Å²) in [5.74, 6) is -0.866. The molecule has 0 bridgehead atoms. The number of sulfonamides is 1. The molecular formula is C32H38ClN3O8S. The Hall–Kier alpha value is -3.71. The van der Waals surface area contributed by atoms with Crippen LogP contribution in [0.3, 0.4) is 0 Å². The fourth-order valence-corrected chi connectivity index (χ4v) is 6.26. The van der Waals surface area contributed by atoms with Gasteiger partial charge in [-0.05, 0) is 73.4 Å². The second-order valence-corrected chi connectivity index (χ2v) is 13.3. The Morgan fingerprint density at radius 2 is 1.76 bits per heavy atom. The summed E-state index contributed by atoms with van der Waals surface area (Å²) < 4.78 is 33.0. The first-order chi connectivity index (χ1) is 21.5. The lowest BCUT2D eigenvalue weighted by Crippen LogP contribution is -2.35. The number of amides is 2. The van der Waals surface area contributed by atoms with E-state index in [1.807, 2.05) is 24.3 Å². The SMILES string of the molecule is O=C(NS(=O)(=O)CCCO)c1ccc(-c2ccc(CCN(C[C@H](O)c3ccc(Cl)nc3)C(=O)O)cc2)cc1OC1CCCCC1. The van der Waals surface area contributed by atoms with Gasteiger partial charge >= 0.3 is 6.09 Å². The number of carbonyl (C=O) groups excluding carboxylic acids is 1. The van der Waals surface area contributed by atoms with Gasteiger partial charge in [0.1, 0.15) is 10.9 Å². The first-order valence-corrected chi connectivity index (χ1v) is 16.9. The van der Waals surface area contributed by atoms with E-state index in [-0.39, 0.29) is 48.7 Å². The summed E-state index contributed by atoms with van der Waals surface area (Å²) >= 11 is 5.80. The van der Waals surface area contributed by atoms with E-state index in [0.29, 0.717) is 17.7 Å². The molecule has 0 unspecified atom stereocenters. The zero-order valence-corrected chi connectivity index (χ0v) is 26.3. The number of nitrogens with one attached hydrogen (secondary N) is 1. The Labute approximate surface area is 267 Å². The second-order valence-electron chi connectivity index (χ2n) is 11.0. The molecule has 1 heterocycles. The highest BCUT2D eigenvalue weighted by Gasteiger charge is 2.23. The van der Waals surface area contributed by atoms with Gasteiger partial charge in [0, 0.05) is 24.9 Å². The minimum atomic E-state index is -3.92. The third-order valence-electron chi connectivity index (χ3n) is 7.65. The molecule has 0 saturated heterocycles. The molecule has 1 aromatic heterocycles. The average Bonchev–Trinajstić information content (AvgIpc) is 3.02. The van der Waals surface area contributed by atoms with Gasteiger partial charge in [-0.3, -0.25) is 4.79 Å². The molecule has 2 aromatic carbocycles. The Morgan fingerprint density at radius 1 is 1.04 bits per heavy atom. The summed E-state index contributed by atoms with van der Waals surface area (Å²) in [4.78, 5) is 29.9. The van der Waals surface area contributed by atoms with Crippen molar-refractivity contribution in [2.24, 2.45) is 0 Å². The summed E-state index contributed by atoms with van der Waals surface area (Å²) in [6.07, 6.45) is 4.39. The molecule has 0 spiro atoms. The number of carbonyl (C=O) groups is 2. The standard InChI is InChI=1S/C32H38ClN3O8S/c33-30-14-12-25(20-34-30)28(38)21-36(32(40)41)16-15-22-7-9-23(10-8-22)24-11-13-27(31(39)35-45(42,43)18-4-17-37)29(19-24)44-26-5-2-1-3-6-26/h7-14,19-20,26,28,37-38H,1-6,15-18,21H2,(H,35,39)(H,40,41)/t28-/m0/s1. The third-order valence-corrected chi connectivity index (χ3v) is 9.19. The van der Waals surface area contributed by atoms with Crippen LogP contribution in [0, 0.1) is 0 Å². The van der Waals surface area contributed by atoms with E-state index >= 15 is 0 Å². The van der Waals surface area contributed by atoms with Gasteiger partial charge in [-0.1, -0.05) is 54.4 Å². The van der Waals surface area contributed by atoms with Crippen molar-refractivity contribution in [1.29, 1.82) is 0 Å². The lowest BCUT2D eigenvalue weighted by atomic mass is 9.97. The molecule has 45 heavy (non-hydrogen) atoms. The van der Waals surface area contributed by atoms with Crippen LogP contribution in [0.2, 0.25) is 5.15 Å². The number of aromatic nitrogens is 1. The first kappa shape index (κ1) is 34.2. The van der Waals surface area contributed by atoms with Crippen LogP contribution in [-0.4, -0.2) is 77.2 Å². The van der Waals surface area contributed by atoms with Crippen LogP contribution in [0.4, 0.5) is 4.79 Å². The van der Waals surface area contributed by atoms with E-state index in [0.717, 1.165) is 53.7 Å². The number of nitrogens with zero attached hydrogens (tertiary/aromatic N) is 2.